The minimum Gasteiger partial charge on any atom is -0.493 e. The standard InChI is InChI=1S/C24H19ClN2O3/c1-29-22-12-7-15(13-23(22)30-2)21-14-19(18-5-3-4-6-20(18)27-21)24(28)26-17-10-8-16(25)9-11-17/h3-14H,1-2H3,(H,26,28). The molecule has 0 saturated heterocycles. The molecule has 0 aliphatic carbocycles. The van der Waals surface area contributed by atoms with Gasteiger partial charge in [-0.15, -0.1) is 0 Å². The minimum absolute atomic E-state index is 0.224. The van der Waals surface area contributed by atoms with Gasteiger partial charge in [0.25, 0.3) is 5.91 Å². The molecule has 1 heterocycles. The van der Waals surface area contributed by atoms with E-state index in [1.807, 2.05) is 42.5 Å². The molecule has 0 bridgehead atoms. The largest absolute Gasteiger partial charge is 0.493 e. The maximum atomic E-state index is 13.1. The lowest BCUT2D eigenvalue weighted by Crippen LogP contribution is -2.13. The van der Waals surface area contributed by atoms with Crippen molar-refractivity contribution >= 4 is 34.1 Å². The molecule has 1 amide bonds. The number of ether oxygens (including phenoxy) is 2. The monoisotopic (exact) mass is 418 g/mol. The van der Waals surface area contributed by atoms with Gasteiger partial charge in [-0.1, -0.05) is 29.8 Å². The van der Waals surface area contributed by atoms with Crippen molar-refractivity contribution in [1.82, 2.24) is 4.98 Å². The van der Waals surface area contributed by atoms with Gasteiger partial charge in [0.15, 0.2) is 11.5 Å². The summed E-state index contributed by atoms with van der Waals surface area (Å²) >= 11 is 5.94. The number of amides is 1. The number of benzene rings is 3. The molecule has 0 spiro atoms. The van der Waals surface area contributed by atoms with Crippen LogP contribution in [0.25, 0.3) is 22.2 Å². The Hall–Kier alpha value is -3.57. The highest BCUT2D eigenvalue weighted by molar-refractivity contribution is 6.30. The molecule has 5 nitrogen and oxygen atoms in total. The van der Waals surface area contributed by atoms with E-state index in [1.54, 1.807) is 44.6 Å². The number of hydrogen-bond donors (Lipinski definition) is 1. The number of pyridine rings is 1. The van der Waals surface area contributed by atoms with Crippen LogP contribution >= 0.6 is 11.6 Å². The molecule has 0 saturated carbocycles. The van der Waals surface area contributed by atoms with Crippen molar-refractivity contribution in [1.29, 1.82) is 0 Å². The number of para-hydroxylation sites is 1. The molecule has 1 aromatic heterocycles. The second-order valence-electron chi connectivity index (χ2n) is 6.60. The number of carbonyl (C=O) groups is 1. The number of fused-ring (bicyclic) bond motifs is 1. The highest BCUT2D eigenvalue weighted by Gasteiger charge is 2.15. The van der Waals surface area contributed by atoms with Crippen molar-refractivity contribution in [2.24, 2.45) is 0 Å². The minimum atomic E-state index is -0.224. The van der Waals surface area contributed by atoms with E-state index in [4.69, 9.17) is 26.1 Å². The SMILES string of the molecule is COc1ccc(-c2cc(C(=O)Nc3ccc(Cl)cc3)c3ccccc3n2)cc1OC. The normalized spacial score (nSPS) is 10.6. The van der Waals surface area contributed by atoms with E-state index < -0.39 is 0 Å². The first-order valence-electron chi connectivity index (χ1n) is 9.28. The fraction of sp³-hybridized carbons (Fsp3) is 0.0833. The number of carbonyl (C=O) groups excluding carboxylic acids is 1. The predicted molar refractivity (Wildman–Crippen MR) is 120 cm³/mol. The number of hydrogen-bond acceptors (Lipinski definition) is 4. The van der Waals surface area contributed by atoms with Crippen LogP contribution in [0.5, 0.6) is 11.5 Å². The molecular weight excluding hydrogens is 400 g/mol. The van der Waals surface area contributed by atoms with Crippen molar-refractivity contribution in [3.05, 3.63) is 83.4 Å². The number of rotatable bonds is 5. The maximum absolute atomic E-state index is 13.1. The molecule has 0 fully saturated rings. The quantitative estimate of drug-likeness (QED) is 0.443. The van der Waals surface area contributed by atoms with Gasteiger partial charge in [0.05, 0.1) is 31.0 Å². The number of nitrogens with zero attached hydrogens (tertiary/aromatic N) is 1. The van der Waals surface area contributed by atoms with E-state index in [-0.39, 0.29) is 5.91 Å². The third kappa shape index (κ3) is 3.93. The summed E-state index contributed by atoms with van der Waals surface area (Å²) in [7, 11) is 3.17. The smallest absolute Gasteiger partial charge is 0.256 e. The molecule has 0 aliphatic heterocycles. The van der Waals surface area contributed by atoms with Gasteiger partial charge < -0.3 is 14.8 Å². The Labute approximate surface area is 179 Å². The zero-order valence-electron chi connectivity index (χ0n) is 16.5. The fourth-order valence-electron chi connectivity index (χ4n) is 3.24. The molecule has 0 radical (unpaired) electrons. The molecule has 0 unspecified atom stereocenters. The van der Waals surface area contributed by atoms with Crippen LogP contribution in [0.3, 0.4) is 0 Å². The lowest BCUT2D eigenvalue weighted by atomic mass is 10.0. The van der Waals surface area contributed by atoms with Crippen LogP contribution in [0.1, 0.15) is 10.4 Å². The molecule has 4 rings (SSSR count). The molecular formula is C24H19ClN2O3. The first-order chi connectivity index (χ1) is 14.6. The first kappa shape index (κ1) is 19.7. The Balaban J connectivity index is 1.80. The van der Waals surface area contributed by atoms with Crippen molar-refractivity contribution in [3.63, 3.8) is 0 Å². The van der Waals surface area contributed by atoms with Gasteiger partial charge in [-0.3, -0.25) is 4.79 Å². The summed E-state index contributed by atoms with van der Waals surface area (Å²) in [6.45, 7) is 0. The highest BCUT2D eigenvalue weighted by Crippen LogP contribution is 2.33. The topological polar surface area (TPSA) is 60.5 Å². The van der Waals surface area contributed by atoms with Gasteiger partial charge in [-0.2, -0.15) is 0 Å². The maximum Gasteiger partial charge on any atom is 0.256 e. The van der Waals surface area contributed by atoms with Gasteiger partial charge >= 0.3 is 0 Å². The summed E-state index contributed by atoms with van der Waals surface area (Å²) in [4.78, 5) is 17.8. The lowest BCUT2D eigenvalue weighted by molar-refractivity contribution is 0.102. The molecule has 0 aliphatic rings. The highest BCUT2D eigenvalue weighted by atomic mass is 35.5. The average molecular weight is 419 g/mol. The number of halogens is 1. The number of anilines is 1. The Bertz CT molecular complexity index is 1220. The third-order valence-corrected chi connectivity index (χ3v) is 4.99. The van der Waals surface area contributed by atoms with Gasteiger partial charge in [0, 0.05) is 21.7 Å². The van der Waals surface area contributed by atoms with E-state index in [9.17, 15) is 4.79 Å². The zero-order chi connectivity index (χ0) is 21.1. The molecule has 0 atom stereocenters. The number of methoxy groups -OCH3 is 2. The molecule has 30 heavy (non-hydrogen) atoms. The van der Waals surface area contributed by atoms with E-state index in [1.165, 1.54) is 0 Å². The molecule has 150 valence electrons. The van der Waals surface area contributed by atoms with E-state index in [2.05, 4.69) is 5.32 Å². The van der Waals surface area contributed by atoms with Crippen molar-refractivity contribution < 1.29 is 14.3 Å². The van der Waals surface area contributed by atoms with E-state index in [0.29, 0.717) is 33.5 Å². The van der Waals surface area contributed by atoms with Gasteiger partial charge in [-0.25, -0.2) is 4.98 Å². The van der Waals surface area contributed by atoms with Crippen LogP contribution in [0.2, 0.25) is 5.02 Å². The van der Waals surface area contributed by atoms with Crippen molar-refractivity contribution in [2.75, 3.05) is 19.5 Å². The number of nitrogens with one attached hydrogen (secondary N) is 1. The Kier molecular flexibility index (Phi) is 5.55. The lowest BCUT2D eigenvalue weighted by Gasteiger charge is -2.12. The summed E-state index contributed by atoms with van der Waals surface area (Å²) < 4.78 is 10.7. The van der Waals surface area contributed by atoms with E-state index >= 15 is 0 Å². The summed E-state index contributed by atoms with van der Waals surface area (Å²) in [5.41, 5.74) is 3.40. The summed E-state index contributed by atoms with van der Waals surface area (Å²) in [6, 6.07) is 21.9. The van der Waals surface area contributed by atoms with Crippen LogP contribution in [0.15, 0.2) is 72.8 Å². The van der Waals surface area contributed by atoms with Crippen LogP contribution in [0.4, 0.5) is 5.69 Å². The van der Waals surface area contributed by atoms with Crippen LogP contribution in [0, 0.1) is 0 Å². The van der Waals surface area contributed by atoms with Crippen LogP contribution in [-0.4, -0.2) is 25.1 Å². The van der Waals surface area contributed by atoms with Crippen molar-refractivity contribution in [2.45, 2.75) is 0 Å². The summed E-state index contributed by atoms with van der Waals surface area (Å²) in [5.74, 6) is 0.998. The van der Waals surface area contributed by atoms with Crippen molar-refractivity contribution in [3.8, 4) is 22.8 Å². The Morgan fingerprint density at radius 3 is 2.37 bits per heavy atom. The van der Waals surface area contributed by atoms with E-state index in [0.717, 1.165) is 16.5 Å². The predicted octanol–water partition coefficient (Wildman–Crippen LogP) is 5.82. The summed E-state index contributed by atoms with van der Waals surface area (Å²) in [6.07, 6.45) is 0. The average Bonchev–Trinajstić information content (AvgIpc) is 2.79. The molecule has 4 aromatic rings. The first-order valence-corrected chi connectivity index (χ1v) is 9.66. The summed E-state index contributed by atoms with van der Waals surface area (Å²) in [5, 5.41) is 4.31. The molecule has 3 aromatic carbocycles. The number of aromatic nitrogens is 1. The van der Waals surface area contributed by atoms with Crippen LogP contribution in [-0.2, 0) is 0 Å². The molecule has 1 N–H and O–H groups in total. The Morgan fingerprint density at radius 1 is 0.900 bits per heavy atom. The Morgan fingerprint density at radius 2 is 1.63 bits per heavy atom. The van der Waals surface area contributed by atoms with Gasteiger partial charge in [-0.05, 0) is 54.6 Å². The zero-order valence-corrected chi connectivity index (χ0v) is 17.2. The second kappa shape index (κ2) is 8.43. The third-order valence-electron chi connectivity index (χ3n) is 4.74. The molecule has 6 heteroatoms. The van der Waals surface area contributed by atoms with Crippen LogP contribution < -0.4 is 14.8 Å². The van der Waals surface area contributed by atoms with Gasteiger partial charge in [0.1, 0.15) is 0 Å². The fourth-order valence-corrected chi connectivity index (χ4v) is 3.36. The second-order valence-corrected chi connectivity index (χ2v) is 7.04. The van der Waals surface area contributed by atoms with Gasteiger partial charge in [0.2, 0.25) is 0 Å².